The fourth-order valence-corrected chi connectivity index (χ4v) is 4.06. The number of aliphatic carboxylic acids is 1. The number of carbonyl (C=O) groups is 2. The molecule has 2 aromatic rings. The summed E-state index contributed by atoms with van der Waals surface area (Å²) in [4.78, 5) is 26.1. The van der Waals surface area contributed by atoms with Crippen molar-refractivity contribution < 1.29 is 19.1 Å². The number of carbonyl (C=O) groups excluding carboxylic acids is 1. The van der Waals surface area contributed by atoms with Gasteiger partial charge < -0.3 is 10.0 Å². The third-order valence-electron chi connectivity index (χ3n) is 4.37. The highest BCUT2D eigenvalue weighted by Gasteiger charge is 2.42. The van der Waals surface area contributed by atoms with Crippen LogP contribution in [0.3, 0.4) is 0 Å². The number of likely N-dealkylation sites (tertiary alicyclic amines) is 1. The smallest absolute Gasteiger partial charge is 0.311 e. The number of rotatable bonds is 2. The zero-order valence-corrected chi connectivity index (χ0v) is 13.2. The number of hydrogen-bond donors (Lipinski definition) is 1. The number of thiophene rings is 1. The van der Waals surface area contributed by atoms with E-state index in [2.05, 4.69) is 0 Å². The number of hydrogen-bond acceptors (Lipinski definition) is 3. The Hall–Kier alpha value is -1.95. The van der Waals surface area contributed by atoms with E-state index in [4.69, 9.17) is 0 Å². The van der Waals surface area contributed by atoms with Crippen molar-refractivity contribution in [2.45, 2.75) is 20.3 Å². The van der Waals surface area contributed by atoms with Crippen molar-refractivity contribution in [1.29, 1.82) is 0 Å². The molecule has 1 aliphatic heterocycles. The molecule has 1 atom stereocenters. The first-order valence-corrected chi connectivity index (χ1v) is 7.85. The van der Waals surface area contributed by atoms with Crippen LogP contribution in [0.2, 0.25) is 0 Å². The Bertz CT molecular complexity index is 785. The van der Waals surface area contributed by atoms with Gasteiger partial charge in [0.15, 0.2) is 0 Å². The number of nitrogens with zero attached hydrogens (tertiary/aromatic N) is 1. The summed E-state index contributed by atoms with van der Waals surface area (Å²) < 4.78 is 14.1. The summed E-state index contributed by atoms with van der Waals surface area (Å²) in [5, 5.41) is 10.1. The average Bonchev–Trinajstić information content (AvgIpc) is 3.01. The lowest BCUT2D eigenvalue weighted by atomic mass is 9.90. The van der Waals surface area contributed by atoms with E-state index >= 15 is 0 Å². The lowest BCUT2D eigenvalue weighted by Crippen LogP contribution is -2.34. The summed E-state index contributed by atoms with van der Waals surface area (Å²) in [5.74, 6) is -1.37. The van der Waals surface area contributed by atoms with Gasteiger partial charge in [-0.2, -0.15) is 0 Å². The Labute approximate surface area is 131 Å². The molecule has 1 aromatic heterocycles. The number of benzene rings is 1. The number of aryl methyl sites for hydroxylation is 1. The summed E-state index contributed by atoms with van der Waals surface area (Å²) in [7, 11) is 0. The normalized spacial score (nSPS) is 21.5. The van der Waals surface area contributed by atoms with Crippen LogP contribution in [-0.4, -0.2) is 35.0 Å². The average molecular weight is 321 g/mol. The lowest BCUT2D eigenvalue weighted by Gasteiger charge is -2.20. The summed E-state index contributed by atoms with van der Waals surface area (Å²) in [6.45, 7) is 4.15. The van der Waals surface area contributed by atoms with Gasteiger partial charge in [0.25, 0.3) is 5.91 Å². The van der Waals surface area contributed by atoms with E-state index in [1.54, 1.807) is 17.9 Å². The molecule has 0 bridgehead atoms. The molecule has 6 heteroatoms. The minimum Gasteiger partial charge on any atom is -0.481 e. The highest BCUT2D eigenvalue weighted by atomic mass is 32.1. The first-order valence-electron chi connectivity index (χ1n) is 7.03. The van der Waals surface area contributed by atoms with Gasteiger partial charge >= 0.3 is 5.97 Å². The minimum absolute atomic E-state index is 0.163. The van der Waals surface area contributed by atoms with Crippen molar-refractivity contribution in [1.82, 2.24) is 4.90 Å². The van der Waals surface area contributed by atoms with Crippen LogP contribution in [0.1, 0.15) is 28.6 Å². The highest BCUT2D eigenvalue weighted by Crippen LogP contribution is 2.35. The maximum absolute atomic E-state index is 13.3. The second-order valence-electron chi connectivity index (χ2n) is 6.04. The summed E-state index contributed by atoms with van der Waals surface area (Å²) >= 11 is 1.26. The number of fused-ring (bicyclic) bond motifs is 1. The fourth-order valence-electron chi connectivity index (χ4n) is 2.86. The fraction of sp³-hybridized carbons (Fsp3) is 0.375. The number of carboxylic acids is 1. The highest BCUT2D eigenvalue weighted by molar-refractivity contribution is 7.21. The van der Waals surface area contributed by atoms with E-state index in [0.717, 1.165) is 15.6 Å². The van der Waals surface area contributed by atoms with Gasteiger partial charge in [0, 0.05) is 17.8 Å². The zero-order chi connectivity index (χ0) is 16.1. The Balaban J connectivity index is 1.93. The third kappa shape index (κ3) is 2.27. The molecule has 1 fully saturated rings. The molecule has 1 aliphatic rings. The SMILES string of the molecule is Cc1c(C(=O)N2CCC(C)(C(=O)O)C2)sc2cc(F)ccc12. The van der Waals surface area contributed by atoms with Crippen LogP contribution in [0, 0.1) is 18.2 Å². The molecule has 0 saturated carbocycles. The van der Waals surface area contributed by atoms with E-state index in [-0.39, 0.29) is 18.3 Å². The molecular weight excluding hydrogens is 305 g/mol. The minimum atomic E-state index is -0.883. The van der Waals surface area contributed by atoms with Gasteiger partial charge in [0.2, 0.25) is 0 Å². The lowest BCUT2D eigenvalue weighted by molar-refractivity contribution is -0.147. The number of amides is 1. The van der Waals surface area contributed by atoms with E-state index in [9.17, 15) is 19.1 Å². The van der Waals surface area contributed by atoms with E-state index in [1.165, 1.54) is 23.5 Å². The monoisotopic (exact) mass is 321 g/mol. The quantitative estimate of drug-likeness (QED) is 0.923. The molecule has 1 amide bonds. The molecule has 2 heterocycles. The number of halogens is 1. The summed E-state index contributed by atoms with van der Waals surface area (Å²) in [5.41, 5.74) is -0.0549. The molecular formula is C16H16FNO3S. The molecule has 116 valence electrons. The molecule has 3 rings (SSSR count). The Morgan fingerprint density at radius 1 is 1.41 bits per heavy atom. The maximum atomic E-state index is 13.3. The van der Waals surface area contributed by atoms with Crippen LogP contribution in [0.4, 0.5) is 4.39 Å². The maximum Gasteiger partial charge on any atom is 0.311 e. The van der Waals surface area contributed by atoms with Gasteiger partial charge in [0.05, 0.1) is 10.3 Å². The molecule has 4 nitrogen and oxygen atoms in total. The van der Waals surface area contributed by atoms with E-state index < -0.39 is 11.4 Å². The molecule has 1 aromatic carbocycles. The van der Waals surface area contributed by atoms with Crippen LogP contribution in [0.15, 0.2) is 18.2 Å². The predicted octanol–water partition coefficient (Wildman–Crippen LogP) is 3.29. The Morgan fingerprint density at radius 2 is 2.14 bits per heavy atom. The molecule has 1 N–H and O–H groups in total. The molecule has 1 saturated heterocycles. The van der Waals surface area contributed by atoms with Crippen molar-refractivity contribution in [2.24, 2.45) is 5.41 Å². The standard InChI is InChI=1S/C16H16FNO3S/c1-9-11-4-3-10(17)7-12(11)22-13(9)14(19)18-6-5-16(2,8-18)15(20)21/h3-4,7H,5-6,8H2,1-2H3,(H,20,21). The number of carboxylic acid groups (broad SMARTS) is 1. The van der Waals surface area contributed by atoms with Crippen molar-refractivity contribution in [3.63, 3.8) is 0 Å². The molecule has 1 unspecified atom stereocenters. The van der Waals surface area contributed by atoms with E-state index in [1.807, 2.05) is 6.92 Å². The van der Waals surface area contributed by atoms with E-state index in [0.29, 0.717) is 17.8 Å². The zero-order valence-electron chi connectivity index (χ0n) is 12.4. The Morgan fingerprint density at radius 3 is 2.77 bits per heavy atom. The largest absolute Gasteiger partial charge is 0.481 e. The molecule has 0 spiro atoms. The third-order valence-corrected chi connectivity index (χ3v) is 5.61. The second kappa shape index (κ2) is 5.05. The predicted molar refractivity (Wildman–Crippen MR) is 82.8 cm³/mol. The van der Waals surface area contributed by atoms with Gasteiger partial charge in [-0.05, 0) is 43.4 Å². The first kappa shape index (κ1) is 15.0. The summed E-state index contributed by atoms with van der Waals surface area (Å²) in [6, 6.07) is 4.49. The van der Waals surface area contributed by atoms with Crippen molar-refractivity contribution in [2.75, 3.05) is 13.1 Å². The first-order chi connectivity index (χ1) is 10.3. The Kier molecular flexibility index (Phi) is 3.44. The van der Waals surface area contributed by atoms with Gasteiger partial charge in [0.1, 0.15) is 5.82 Å². The van der Waals surface area contributed by atoms with Gasteiger partial charge in [-0.3, -0.25) is 9.59 Å². The van der Waals surface area contributed by atoms with Crippen LogP contribution in [-0.2, 0) is 4.79 Å². The topological polar surface area (TPSA) is 57.6 Å². The van der Waals surface area contributed by atoms with Crippen molar-refractivity contribution in [3.05, 3.63) is 34.5 Å². The van der Waals surface area contributed by atoms with Crippen LogP contribution in [0.5, 0.6) is 0 Å². The van der Waals surface area contributed by atoms with Gasteiger partial charge in [-0.25, -0.2) is 4.39 Å². The molecule has 22 heavy (non-hydrogen) atoms. The van der Waals surface area contributed by atoms with Gasteiger partial charge in [-0.1, -0.05) is 6.07 Å². The second-order valence-corrected chi connectivity index (χ2v) is 7.09. The van der Waals surface area contributed by atoms with Gasteiger partial charge in [-0.15, -0.1) is 11.3 Å². The van der Waals surface area contributed by atoms with Crippen molar-refractivity contribution in [3.8, 4) is 0 Å². The molecule has 0 radical (unpaired) electrons. The van der Waals surface area contributed by atoms with Crippen LogP contribution in [0.25, 0.3) is 10.1 Å². The van der Waals surface area contributed by atoms with Crippen molar-refractivity contribution >= 4 is 33.3 Å². The van der Waals surface area contributed by atoms with Crippen LogP contribution < -0.4 is 0 Å². The summed E-state index contributed by atoms with van der Waals surface area (Å²) in [6.07, 6.45) is 0.451. The molecule has 0 aliphatic carbocycles. The van der Waals surface area contributed by atoms with Crippen LogP contribution >= 0.6 is 11.3 Å².